The third-order valence-electron chi connectivity index (χ3n) is 5.53. The van der Waals surface area contributed by atoms with Crippen LogP contribution in [0.15, 0.2) is 18.2 Å². The molecule has 9 heteroatoms. The molecule has 2 amide bonds. The van der Waals surface area contributed by atoms with E-state index in [1.807, 2.05) is 0 Å². The number of halogens is 1. The highest BCUT2D eigenvalue weighted by Crippen LogP contribution is 2.33. The quantitative estimate of drug-likeness (QED) is 0.633. The van der Waals surface area contributed by atoms with Crippen LogP contribution in [0.2, 0.25) is 0 Å². The van der Waals surface area contributed by atoms with E-state index in [4.69, 9.17) is 5.73 Å². The number of piperidine rings is 2. The van der Waals surface area contributed by atoms with Crippen molar-refractivity contribution in [3.05, 3.63) is 34.1 Å². The molecule has 1 aromatic rings. The van der Waals surface area contributed by atoms with Crippen LogP contribution < -0.4 is 10.6 Å². The van der Waals surface area contributed by atoms with Crippen molar-refractivity contribution in [1.29, 1.82) is 0 Å². The normalized spacial score (nSPS) is 19.1. The average Bonchev–Trinajstić information content (AvgIpc) is 2.67. The number of nitrogens with zero attached hydrogens (tertiary/aromatic N) is 3. The molecule has 0 aromatic heterocycles. The molecule has 2 heterocycles. The Morgan fingerprint density at radius 2 is 1.67 bits per heavy atom. The van der Waals surface area contributed by atoms with Crippen molar-refractivity contribution in [2.75, 3.05) is 31.1 Å². The van der Waals surface area contributed by atoms with Crippen LogP contribution in [0.4, 0.5) is 15.8 Å². The lowest BCUT2D eigenvalue weighted by molar-refractivity contribution is -0.384. The zero-order valence-corrected chi connectivity index (χ0v) is 15.0. The van der Waals surface area contributed by atoms with E-state index in [0.29, 0.717) is 51.9 Å². The van der Waals surface area contributed by atoms with Crippen LogP contribution in [-0.2, 0) is 9.59 Å². The molecule has 0 aliphatic carbocycles. The molecule has 1 aromatic carbocycles. The van der Waals surface area contributed by atoms with Crippen molar-refractivity contribution in [2.24, 2.45) is 17.6 Å². The van der Waals surface area contributed by atoms with E-state index in [2.05, 4.69) is 0 Å². The molecule has 0 atom stereocenters. The van der Waals surface area contributed by atoms with Gasteiger partial charge in [0.1, 0.15) is 11.5 Å². The maximum Gasteiger partial charge on any atom is 0.292 e. The van der Waals surface area contributed by atoms with Gasteiger partial charge in [-0.1, -0.05) is 0 Å². The summed E-state index contributed by atoms with van der Waals surface area (Å²) < 4.78 is 13.6. The summed E-state index contributed by atoms with van der Waals surface area (Å²) in [6.45, 7) is 1.97. The molecule has 3 rings (SSSR count). The van der Waals surface area contributed by atoms with Crippen molar-refractivity contribution in [3.8, 4) is 0 Å². The zero-order chi connectivity index (χ0) is 19.6. The van der Waals surface area contributed by atoms with Gasteiger partial charge in [-0.15, -0.1) is 0 Å². The first-order valence-corrected chi connectivity index (χ1v) is 9.14. The van der Waals surface area contributed by atoms with E-state index in [1.54, 1.807) is 9.80 Å². The predicted octanol–water partition coefficient (Wildman–Crippen LogP) is 1.67. The molecule has 2 saturated heterocycles. The summed E-state index contributed by atoms with van der Waals surface area (Å²) in [7, 11) is 0. The van der Waals surface area contributed by atoms with E-state index >= 15 is 0 Å². The van der Waals surface area contributed by atoms with Crippen LogP contribution in [0.5, 0.6) is 0 Å². The van der Waals surface area contributed by atoms with E-state index in [-0.39, 0.29) is 35.0 Å². The van der Waals surface area contributed by atoms with E-state index in [1.165, 1.54) is 12.1 Å². The van der Waals surface area contributed by atoms with Crippen LogP contribution in [0.25, 0.3) is 0 Å². The Bertz CT molecular complexity index is 741. The number of benzene rings is 1. The maximum absolute atomic E-state index is 13.6. The Labute approximate surface area is 156 Å². The molecule has 0 radical (unpaired) electrons. The molecule has 8 nitrogen and oxygen atoms in total. The Morgan fingerprint density at radius 3 is 2.22 bits per heavy atom. The number of rotatable bonds is 4. The highest BCUT2D eigenvalue weighted by Gasteiger charge is 2.33. The number of amides is 2. The summed E-state index contributed by atoms with van der Waals surface area (Å²) in [4.78, 5) is 38.2. The second-order valence-electron chi connectivity index (χ2n) is 7.15. The lowest BCUT2D eigenvalue weighted by Crippen LogP contribution is -2.46. The standard InChI is InChI=1S/C18H23FN4O4/c19-14-1-2-15(23(26)27)16(11-14)21-7-5-13(6-8-21)18(25)22-9-3-12(4-10-22)17(20)24/h1-2,11-13H,3-10H2,(H2,20,24). The summed E-state index contributed by atoms with van der Waals surface area (Å²) in [6.07, 6.45) is 2.30. The molecule has 2 fully saturated rings. The molecule has 0 bridgehead atoms. The van der Waals surface area contributed by atoms with Crippen LogP contribution in [0, 0.1) is 27.8 Å². The van der Waals surface area contributed by atoms with E-state index < -0.39 is 10.7 Å². The minimum atomic E-state index is -0.522. The molecule has 0 unspecified atom stereocenters. The third kappa shape index (κ3) is 4.17. The summed E-state index contributed by atoms with van der Waals surface area (Å²) in [5, 5.41) is 11.2. The Balaban J connectivity index is 1.60. The topological polar surface area (TPSA) is 110 Å². The molecular weight excluding hydrogens is 355 g/mol. The van der Waals surface area contributed by atoms with E-state index in [9.17, 15) is 24.1 Å². The van der Waals surface area contributed by atoms with Gasteiger partial charge in [-0.3, -0.25) is 19.7 Å². The number of nitro benzene ring substituents is 1. The summed E-state index contributed by atoms with van der Waals surface area (Å²) in [5.41, 5.74) is 5.45. The molecule has 0 spiro atoms. The van der Waals surface area contributed by atoms with Crippen molar-refractivity contribution in [2.45, 2.75) is 25.7 Å². The van der Waals surface area contributed by atoms with Crippen LogP contribution in [0.1, 0.15) is 25.7 Å². The molecule has 27 heavy (non-hydrogen) atoms. The highest BCUT2D eigenvalue weighted by atomic mass is 19.1. The first-order valence-electron chi connectivity index (χ1n) is 9.14. The van der Waals surface area contributed by atoms with Crippen molar-refractivity contribution in [1.82, 2.24) is 4.90 Å². The SMILES string of the molecule is NC(=O)C1CCN(C(=O)C2CCN(c3cc(F)ccc3[N+](=O)[O-])CC2)CC1. The Hall–Kier alpha value is -2.71. The number of carbonyl (C=O) groups excluding carboxylic acids is 2. The van der Waals surface area contributed by atoms with Gasteiger partial charge >= 0.3 is 0 Å². The fourth-order valence-electron chi connectivity index (χ4n) is 3.91. The number of carbonyl (C=O) groups is 2. The third-order valence-corrected chi connectivity index (χ3v) is 5.53. The predicted molar refractivity (Wildman–Crippen MR) is 96.5 cm³/mol. The largest absolute Gasteiger partial charge is 0.369 e. The highest BCUT2D eigenvalue weighted by molar-refractivity contribution is 5.80. The number of hydrogen-bond donors (Lipinski definition) is 1. The number of primary amides is 1. The minimum absolute atomic E-state index is 0.0614. The molecule has 2 N–H and O–H groups in total. The van der Waals surface area contributed by atoms with Gasteiger partial charge < -0.3 is 15.5 Å². The lowest BCUT2D eigenvalue weighted by Gasteiger charge is -2.37. The van der Waals surface area contributed by atoms with Gasteiger partial charge in [-0.05, 0) is 31.7 Å². The summed E-state index contributed by atoms with van der Waals surface area (Å²) >= 11 is 0. The van der Waals surface area contributed by atoms with Gasteiger partial charge in [-0.2, -0.15) is 0 Å². The summed E-state index contributed by atoms with van der Waals surface area (Å²) in [6, 6.07) is 3.42. The lowest BCUT2D eigenvalue weighted by atomic mass is 9.91. The van der Waals surface area contributed by atoms with Gasteiger partial charge in [-0.25, -0.2) is 4.39 Å². The molecule has 2 aliphatic heterocycles. The van der Waals surface area contributed by atoms with Crippen LogP contribution in [0.3, 0.4) is 0 Å². The fraction of sp³-hybridized carbons (Fsp3) is 0.556. The smallest absolute Gasteiger partial charge is 0.292 e. The number of anilines is 1. The average molecular weight is 378 g/mol. The van der Waals surface area contributed by atoms with Gasteiger partial charge in [0.15, 0.2) is 0 Å². The second kappa shape index (κ2) is 7.89. The van der Waals surface area contributed by atoms with Crippen molar-refractivity contribution >= 4 is 23.2 Å². The van der Waals surface area contributed by atoms with Crippen LogP contribution in [-0.4, -0.2) is 47.8 Å². The zero-order valence-electron chi connectivity index (χ0n) is 15.0. The maximum atomic E-state index is 13.6. The fourth-order valence-corrected chi connectivity index (χ4v) is 3.91. The van der Waals surface area contributed by atoms with Gasteiger partial charge in [0.25, 0.3) is 5.69 Å². The Kier molecular flexibility index (Phi) is 5.57. The van der Waals surface area contributed by atoms with Gasteiger partial charge in [0, 0.05) is 50.1 Å². The van der Waals surface area contributed by atoms with Gasteiger partial charge in [0.2, 0.25) is 11.8 Å². The van der Waals surface area contributed by atoms with Gasteiger partial charge in [0.05, 0.1) is 4.92 Å². The molecule has 2 aliphatic rings. The molecule has 0 saturated carbocycles. The van der Waals surface area contributed by atoms with Crippen LogP contribution >= 0.6 is 0 Å². The number of likely N-dealkylation sites (tertiary alicyclic amines) is 1. The minimum Gasteiger partial charge on any atom is -0.369 e. The monoisotopic (exact) mass is 378 g/mol. The second-order valence-corrected chi connectivity index (χ2v) is 7.15. The Morgan fingerprint density at radius 1 is 1.07 bits per heavy atom. The summed E-state index contributed by atoms with van der Waals surface area (Å²) in [5.74, 6) is -1.09. The molecule has 146 valence electrons. The van der Waals surface area contributed by atoms with E-state index in [0.717, 1.165) is 6.07 Å². The number of hydrogen-bond acceptors (Lipinski definition) is 5. The molecular formula is C18H23FN4O4. The number of nitro groups is 1. The first kappa shape index (κ1) is 19.1. The van der Waals surface area contributed by atoms with Crippen molar-refractivity contribution in [3.63, 3.8) is 0 Å². The number of nitrogens with two attached hydrogens (primary N) is 1. The van der Waals surface area contributed by atoms with Crippen molar-refractivity contribution < 1.29 is 18.9 Å². The first-order chi connectivity index (χ1) is 12.9.